The van der Waals surface area contributed by atoms with E-state index in [0.717, 1.165) is 17.4 Å². The highest BCUT2D eigenvalue weighted by molar-refractivity contribution is 5.99. The first-order chi connectivity index (χ1) is 6.56. The van der Waals surface area contributed by atoms with Crippen LogP contribution in [0.4, 0.5) is 4.79 Å². The lowest BCUT2D eigenvalue weighted by Crippen LogP contribution is -2.38. The number of ether oxygens (including phenoxy) is 1. The van der Waals surface area contributed by atoms with E-state index in [1.807, 2.05) is 13.8 Å². The molecule has 1 aliphatic heterocycles. The van der Waals surface area contributed by atoms with Crippen LogP contribution in [0.5, 0.6) is 0 Å². The number of amides is 2. The molecule has 0 aromatic heterocycles. The van der Waals surface area contributed by atoms with E-state index in [-0.39, 0.29) is 11.9 Å². The molecule has 0 saturated carbocycles. The van der Waals surface area contributed by atoms with Gasteiger partial charge in [-0.3, -0.25) is 4.79 Å². The minimum atomic E-state index is -0.555. The zero-order valence-electron chi connectivity index (χ0n) is 8.53. The van der Waals surface area contributed by atoms with Crippen LogP contribution < -0.4 is 0 Å². The molecule has 2 amide bonds. The van der Waals surface area contributed by atoms with Crippen LogP contribution in [0.3, 0.4) is 0 Å². The molecule has 1 saturated heterocycles. The Kier molecular flexibility index (Phi) is 3.28. The van der Waals surface area contributed by atoms with Gasteiger partial charge in [0.05, 0.1) is 6.04 Å². The highest BCUT2D eigenvalue weighted by Crippen LogP contribution is 2.19. The number of hydrogen-bond acceptors (Lipinski definition) is 3. The normalized spacial score (nSPS) is 21.2. The van der Waals surface area contributed by atoms with E-state index in [0.29, 0.717) is 12.5 Å². The van der Waals surface area contributed by atoms with Gasteiger partial charge < -0.3 is 4.74 Å². The molecule has 0 aliphatic carbocycles. The van der Waals surface area contributed by atoms with E-state index in [9.17, 15) is 9.59 Å². The molecule has 0 N–H and O–H groups in total. The molecule has 0 aromatic rings. The maximum absolute atomic E-state index is 11.3. The number of hydrogen-bond donors (Lipinski definition) is 0. The Bertz CT molecular complexity index is 260. The number of carbonyl (C=O) groups is 2. The van der Waals surface area contributed by atoms with Gasteiger partial charge in [-0.1, -0.05) is 20.4 Å². The SMILES string of the molecule is C=CC(=O)N1C(=O)OC[C@@H]1CC(C)C. The fraction of sp³-hybridized carbons (Fsp3) is 0.600. The third-order valence-corrected chi connectivity index (χ3v) is 2.12. The summed E-state index contributed by atoms with van der Waals surface area (Å²) in [5.41, 5.74) is 0. The van der Waals surface area contributed by atoms with Crippen molar-refractivity contribution in [1.29, 1.82) is 0 Å². The zero-order valence-corrected chi connectivity index (χ0v) is 8.53. The van der Waals surface area contributed by atoms with Crippen molar-refractivity contribution in [3.8, 4) is 0 Å². The highest BCUT2D eigenvalue weighted by Gasteiger charge is 2.36. The Labute approximate surface area is 83.5 Å². The topological polar surface area (TPSA) is 46.6 Å². The minimum Gasteiger partial charge on any atom is -0.447 e. The van der Waals surface area contributed by atoms with Crippen LogP contribution in [0.15, 0.2) is 12.7 Å². The van der Waals surface area contributed by atoms with Gasteiger partial charge in [-0.15, -0.1) is 0 Å². The van der Waals surface area contributed by atoms with E-state index < -0.39 is 6.09 Å². The zero-order chi connectivity index (χ0) is 10.7. The molecule has 4 nitrogen and oxygen atoms in total. The van der Waals surface area contributed by atoms with Crippen molar-refractivity contribution in [2.24, 2.45) is 5.92 Å². The van der Waals surface area contributed by atoms with E-state index >= 15 is 0 Å². The fourth-order valence-electron chi connectivity index (χ4n) is 1.55. The van der Waals surface area contributed by atoms with Crippen molar-refractivity contribution in [2.75, 3.05) is 6.61 Å². The van der Waals surface area contributed by atoms with Crippen molar-refractivity contribution in [3.05, 3.63) is 12.7 Å². The maximum atomic E-state index is 11.3. The van der Waals surface area contributed by atoms with Crippen LogP contribution in [0.1, 0.15) is 20.3 Å². The van der Waals surface area contributed by atoms with Crippen molar-refractivity contribution in [1.82, 2.24) is 4.90 Å². The summed E-state index contributed by atoms with van der Waals surface area (Å²) >= 11 is 0. The van der Waals surface area contributed by atoms with Crippen LogP contribution in [0.2, 0.25) is 0 Å². The monoisotopic (exact) mass is 197 g/mol. The second-order valence-electron chi connectivity index (χ2n) is 3.77. The molecule has 0 spiro atoms. The number of carbonyl (C=O) groups excluding carboxylic acids is 2. The molecular formula is C10H15NO3. The van der Waals surface area contributed by atoms with E-state index in [1.54, 1.807) is 0 Å². The largest absolute Gasteiger partial charge is 0.447 e. The first kappa shape index (κ1) is 10.8. The summed E-state index contributed by atoms with van der Waals surface area (Å²) in [6.45, 7) is 7.74. The molecule has 0 aromatic carbocycles. The van der Waals surface area contributed by atoms with Gasteiger partial charge in [0.1, 0.15) is 6.61 Å². The second-order valence-corrected chi connectivity index (χ2v) is 3.77. The third kappa shape index (κ3) is 2.13. The lowest BCUT2D eigenvalue weighted by molar-refractivity contribution is -0.124. The molecule has 0 unspecified atom stereocenters. The fourth-order valence-corrected chi connectivity index (χ4v) is 1.55. The second kappa shape index (κ2) is 4.26. The standard InChI is InChI=1S/C10H15NO3/c1-4-9(12)11-8(5-7(2)3)6-14-10(11)13/h4,7-8H,1,5-6H2,2-3H3/t8-/m0/s1. The number of nitrogens with zero attached hydrogens (tertiary/aromatic N) is 1. The molecule has 0 bridgehead atoms. The Balaban J connectivity index is 2.71. The van der Waals surface area contributed by atoms with Crippen LogP contribution in [-0.2, 0) is 9.53 Å². The lowest BCUT2D eigenvalue weighted by Gasteiger charge is -2.19. The molecular weight excluding hydrogens is 182 g/mol. The van der Waals surface area contributed by atoms with Crippen LogP contribution in [-0.4, -0.2) is 29.5 Å². The Morgan fingerprint density at radius 2 is 2.43 bits per heavy atom. The molecule has 0 radical (unpaired) electrons. The van der Waals surface area contributed by atoms with Crippen molar-refractivity contribution >= 4 is 12.0 Å². The number of cyclic esters (lactones) is 1. The molecule has 1 aliphatic rings. The van der Waals surface area contributed by atoms with Crippen molar-refractivity contribution in [2.45, 2.75) is 26.3 Å². The molecule has 78 valence electrons. The van der Waals surface area contributed by atoms with Gasteiger partial charge in [0, 0.05) is 0 Å². The van der Waals surface area contributed by atoms with Crippen LogP contribution in [0, 0.1) is 5.92 Å². The molecule has 1 atom stereocenters. The molecule has 14 heavy (non-hydrogen) atoms. The van der Waals surface area contributed by atoms with Crippen molar-refractivity contribution < 1.29 is 14.3 Å². The Hall–Kier alpha value is -1.32. The van der Waals surface area contributed by atoms with Gasteiger partial charge in [-0.05, 0) is 18.4 Å². The summed E-state index contributed by atoms with van der Waals surface area (Å²) in [6.07, 6.45) is 1.35. The Morgan fingerprint density at radius 1 is 1.79 bits per heavy atom. The smallest absolute Gasteiger partial charge is 0.417 e. The Morgan fingerprint density at radius 3 is 2.93 bits per heavy atom. The molecule has 4 heteroatoms. The predicted octanol–water partition coefficient (Wildman–Crippen LogP) is 1.57. The van der Waals surface area contributed by atoms with Crippen LogP contribution in [0.25, 0.3) is 0 Å². The van der Waals surface area contributed by atoms with Gasteiger partial charge in [-0.2, -0.15) is 0 Å². The number of rotatable bonds is 3. The summed E-state index contributed by atoms with van der Waals surface area (Å²) in [6, 6.07) is -0.131. The van der Waals surface area contributed by atoms with Gasteiger partial charge in [-0.25, -0.2) is 9.69 Å². The summed E-state index contributed by atoms with van der Waals surface area (Å²) in [4.78, 5) is 23.7. The maximum Gasteiger partial charge on any atom is 0.417 e. The quantitative estimate of drug-likeness (QED) is 0.645. The first-order valence-electron chi connectivity index (χ1n) is 4.68. The van der Waals surface area contributed by atoms with E-state index in [2.05, 4.69) is 6.58 Å². The van der Waals surface area contributed by atoms with Gasteiger partial charge in [0.25, 0.3) is 5.91 Å². The van der Waals surface area contributed by atoms with Gasteiger partial charge in [0.15, 0.2) is 0 Å². The summed E-state index contributed by atoms with van der Waals surface area (Å²) in [7, 11) is 0. The van der Waals surface area contributed by atoms with Gasteiger partial charge >= 0.3 is 6.09 Å². The lowest BCUT2D eigenvalue weighted by atomic mass is 10.0. The van der Waals surface area contributed by atoms with Gasteiger partial charge in [0.2, 0.25) is 0 Å². The third-order valence-electron chi connectivity index (χ3n) is 2.12. The minimum absolute atomic E-state index is 0.131. The van der Waals surface area contributed by atoms with Crippen LogP contribution >= 0.6 is 0 Å². The summed E-state index contributed by atoms with van der Waals surface area (Å²) in [5, 5.41) is 0. The van der Waals surface area contributed by atoms with E-state index in [1.165, 1.54) is 0 Å². The summed E-state index contributed by atoms with van der Waals surface area (Å²) in [5.74, 6) is 0.0489. The number of imide groups is 1. The average molecular weight is 197 g/mol. The predicted molar refractivity (Wildman–Crippen MR) is 51.6 cm³/mol. The average Bonchev–Trinajstić information content (AvgIpc) is 2.45. The molecule has 1 rings (SSSR count). The summed E-state index contributed by atoms with van der Waals surface area (Å²) < 4.78 is 4.82. The highest BCUT2D eigenvalue weighted by atomic mass is 16.6. The molecule has 1 fully saturated rings. The first-order valence-corrected chi connectivity index (χ1v) is 4.68. The molecule has 1 heterocycles. The van der Waals surface area contributed by atoms with Crippen molar-refractivity contribution in [3.63, 3.8) is 0 Å². The van der Waals surface area contributed by atoms with E-state index in [4.69, 9.17) is 4.74 Å².